The molecule has 0 aliphatic heterocycles. The van der Waals surface area contributed by atoms with E-state index in [1.165, 1.54) is 12.8 Å². The zero-order valence-corrected chi connectivity index (χ0v) is 13.9. The average Bonchev–Trinajstić information content (AvgIpc) is 3.26. The van der Waals surface area contributed by atoms with Crippen molar-refractivity contribution in [1.29, 1.82) is 0 Å². The summed E-state index contributed by atoms with van der Waals surface area (Å²) in [6.07, 6.45) is 2.97. The number of anilines is 2. The molecule has 0 aromatic heterocycles. The number of carbonyl (C=O) groups excluding carboxylic acids is 2. The maximum Gasteiger partial charge on any atom is 0.238 e. The van der Waals surface area contributed by atoms with Crippen LogP contribution in [-0.2, 0) is 9.59 Å². The largest absolute Gasteiger partial charge is 0.326 e. The first-order valence-corrected chi connectivity index (χ1v) is 7.49. The molecule has 0 heterocycles. The predicted octanol–water partition coefficient (Wildman–Crippen LogP) is 2.70. The minimum Gasteiger partial charge on any atom is -0.326 e. The van der Waals surface area contributed by atoms with Crippen LogP contribution in [0.15, 0.2) is 18.2 Å². The van der Waals surface area contributed by atoms with E-state index in [0.717, 1.165) is 23.7 Å². The molecule has 1 fully saturated rings. The summed E-state index contributed by atoms with van der Waals surface area (Å²) >= 11 is 0. The third-order valence-corrected chi connectivity index (χ3v) is 3.53. The summed E-state index contributed by atoms with van der Waals surface area (Å²) in [5.74, 6) is 0.659. The minimum absolute atomic E-state index is 0. The molecule has 1 aromatic carbocycles. The van der Waals surface area contributed by atoms with Crippen LogP contribution in [0.4, 0.5) is 11.4 Å². The Labute approximate surface area is 137 Å². The van der Waals surface area contributed by atoms with Gasteiger partial charge < -0.3 is 16.0 Å². The number of benzene rings is 1. The molecule has 1 aliphatic carbocycles. The molecule has 0 radical (unpaired) electrons. The Balaban J connectivity index is 0.00000242. The molecule has 0 spiro atoms. The molecule has 1 aliphatic rings. The fourth-order valence-corrected chi connectivity index (χ4v) is 1.99. The summed E-state index contributed by atoms with van der Waals surface area (Å²) < 4.78 is 0. The van der Waals surface area contributed by atoms with Gasteiger partial charge in [-0.05, 0) is 49.9 Å². The molecule has 0 unspecified atom stereocenters. The van der Waals surface area contributed by atoms with Gasteiger partial charge in [0.15, 0.2) is 0 Å². The first-order chi connectivity index (χ1) is 10.1. The number of carbonyl (C=O) groups is 2. The Morgan fingerprint density at radius 2 is 1.91 bits per heavy atom. The molecule has 2 amide bonds. The van der Waals surface area contributed by atoms with Crippen molar-refractivity contribution < 1.29 is 9.59 Å². The Kier molecular flexibility index (Phi) is 7.35. The second kappa shape index (κ2) is 8.76. The highest BCUT2D eigenvalue weighted by Crippen LogP contribution is 2.27. The highest BCUT2D eigenvalue weighted by atomic mass is 35.5. The van der Waals surface area contributed by atoms with E-state index in [4.69, 9.17) is 0 Å². The van der Waals surface area contributed by atoms with Crippen molar-refractivity contribution in [3.05, 3.63) is 23.8 Å². The van der Waals surface area contributed by atoms with E-state index < -0.39 is 0 Å². The van der Waals surface area contributed by atoms with E-state index in [1.807, 2.05) is 19.1 Å². The lowest BCUT2D eigenvalue weighted by Crippen LogP contribution is -2.29. The average molecular weight is 326 g/mol. The van der Waals surface area contributed by atoms with Crippen LogP contribution in [0.3, 0.4) is 0 Å². The van der Waals surface area contributed by atoms with Gasteiger partial charge in [0.25, 0.3) is 0 Å². The van der Waals surface area contributed by atoms with E-state index in [9.17, 15) is 9.59 Å². The lowest BCUT2D eigenvalue weighted by Gasteiger charge is -2.11. The molecule has 6 heteroatoms. The van der Waals surface area contributed by atoms with Gasteiger partial charge in [-0.15, -0.1) is 12.4 Å². The van der Waals surface area contributed by atoms with Crippen molar-refractivity contribution in [2.75, 3.05) is 23.7 Å². The van der Waals surface area contributed by atoms with Crippen LogP contribution < -0.4 is 16.0 Å². The molecule has 22 heavy (non-hydrogen) atoms. The number of hydrogen-bond acceptors (Lipinski definition) is 3. The maximum atomic E-state index is 11.9. The topological polar surface area (TPSA) is 70.2 Å². The summed E-state index contributed by atoms with van der Waals surface area (Å²) in [6.45, 7) is 4.97. The second-order valence-electron chi connectivity index (χ2n) is 5.55. The highest BCUT2D eigenvalue weighted by Gasteiger charge is 2.20. The van der Waals surface area contributed by atoms with Crippen molar-refractivity contribution in [2.45, 2.75) is 33.1 Å². The number of nitrogens with one attached hydrogen (secondary N) is 3. The van der Waals surface area contributed by atoms with E-state index in [2.05, 4.69) is 16.0 Å². The molecule has 122 valence electrons. The van der Waals surface area contributed by atoms with Crippen molar-refractivity contribution in [3.8, 4) is 0 Å². The van der Waals surface area contributed by atoms with Crippen LogP contribution in [-0.4, -0.2) is 24.9 Å². The summed E-state index contributed by atoms with van der Waals surface area (Å²) in [4.78, 5) is 23.3. The third-order valence-electron chi connectivity index (χ3n) is 3.53. The molecular weight excluding hydrogens is 302 g/mol. The number of halogens is 1. The van der Waals surface area contributed by atoms with Gasteiger partial charge in [0.2, 0.25) is 11.8 Å². The molecular formula is C16H24ClN3O2. The predicted molar refractivity (Wildman–Crippen MR) is 91.6 cm³/mol. The number of aryl methyl sites for hydroxylation is 1. The molecule has 0 saturated heterocycles. The second-order valence-corrected chi connectivity index (χ2v) is 5.55. The lowest BCUT2D eigenvalue weighted by molar-refractivity contribution is -0.116. The smallest absolute Gasteiger partial charge is 0.238 e. The van der Waals surface area contributed by atoms with Crippen molar-refractivity contribution in [2.24, 2.45) is 5.92 Å². The summed E-state index contributed by atoms with van der Waals surface area (Å²) in [6, 6.07) is 5.52. The molecule has 1 saturated carbocycles. The van der Waals surface area contributed by atoms with Crippen LogP contribution in [0.5, 0.6) is 0 Å². The normalized spacial score (nSPS) is 13.2. The summed E-state index contributed by atoms with van der Waals surface area (Å²) in [7, 11) is 0. The van der Waals surface area contributed by atoms with Gasteiger partial charge >= 0.3 is 0 Å². The van der Waals surface area contributed by atoms with E-state index in [0.29, 0.717) is 18.7 Å². The van der Waals surface area contributed by atoms with Gasteiger partial charge in [-0.1, -0.05) is 13.0 Å². The van der Waals surface area contributed by atoms with Crippen LogP contribution in [0.25, 0.3) is 0 Å². The van der Waals surface area contributed by atoms with Crippen molar-refractivity contribution in [1.82, 2.24) is 5.32 Å². The van der Waals surface area contributed by atoms with Crippen LogP contribution in [0.1, 0.15) is 31.7 Å². The fraction of sp³-hybridized carbons (Fsp3) is 0.500. The van der Waals surface area contributed by atoms with Gasteiger partial charge in [-0.2, -0.15) is 0 Å². The number of hydrogen-bond donors (Lipinski definition) is 3. The van der Waals surface area contributed by atoms with Crippen LogP contribution >= 0.6 is 12.4 Å². The van der Waals surface area contributed by atoms with Gasteiger partial charge in [0.1, 0.15) is 0 Å². The Bertz CT molecular complexity index is 530. The quantitative estimate of drug-likeness (QED) is 0.722. The van der Waals surface area contributed by atoms with Crippen LogP contribution in [0.2, 0.25) is 0 Å². The van der Waals surface area contributed by atoms with Crippen LogP contribution in [0, 0.1) is 12.8 Å². The van der Waals surface area contributed by atoms with Gasteiger partial charge in [0.05, 0.1) is 6.54 Å². The fourth-order valence-electron chi connectivity index (χ4n) is 1.99. The zero-order valence-electron chi connectivity index (χ0n) is 13.1. The Morgan fingerprint density at radius 1 is 1.18 bits per heavy atom. The van der Waals surface area contributed by atoms with E-state index in [1.54, 1.807) is 13.0 Å². The monoisotopic (exact) mass is 325 g/mol. The van der Waals surface area contributed by atoms with E-state index in [-0.39, 0.29) is 24.2 Å². The maximum absolute atomic E-state index is 11.9. The SMILES string of the molecule is CCC(=O)Nc1ccc(C)c(NC(=O)CNCC2CC2)c1.Cl. The van der Waals surface area contributed by atoms with Gasteiger partial charge in [-0.3, -0.25) is 9.59 Å². The van der Waals surface area contributed by atoms with Gasteiger partial charge in [-0.25, -0.2) is 0 Å². The highest BCUT2D eigenvalue weighted by molar-refractivity contribution is 5.95. The molecule has 3 N–H and O–H groups in total. The Morgan fingerprint density at radius 3 is 2.55 bits per heavy atom. The molecule has 1 aromatic rings. The molecule has 5 nitrogen and oxygen atoms in total. The summed E-state index contributed by atoms with van der Waals surface area (Å²) in [5.41, 5.74) is 2.41. The van der Waals surface area contributed by atoms with Gasteiger partial charge in [0, 0.05) is 17.8 Å². The third kappa shape index (κ3) is 6.03. The standard InChI is InChI=1S/C16H23N3O2.ClH/c1-3-15(20)18-13-7-4-11(2)14(8-13)19-16(21)10-17-9-12-5-6-12;/h4,7-8,12,17H,3,5-6,9-10H2,1-2H3,(H,18,20)(H,19,21);1H. The zero-order chi connectivity index (χ0) is 15.2. The molecule has 0 atom stereocenters. The van der Waals surface area contributed by atoms with Crippen molar-refractivity contribution in [3.63, 3.8) is 0 Å². The Hall–Kier alpha value is -1.59. The van der Waals surface area contributed by atoms with E-state index >= 15 is 0 Å². The van der Waals surface area contributed by atoms with Crippen molar-refractivity contribution >= 4 is 35.6 Å². The number of rotatable bonds is 7. The lowest BCUT2D eigenvalue weighted by atomic mass is 10.1. The number of amides is 2. The minimum atomic E-state index is -0.0577. The molecule has 2 rings (SSSR count). The summed E-state index contributed by atoms with van der Waals surface area (Å²) in [5, 5.41) is 8.84. The first-order valence-electron chi connectivity index (χ1n) is 7.49. The molecule has 0 bridgehead atoms. The first kappa shape index (κ1) is 18.5.